The zero-order valence-corrected chi connectivity index (χ0v) is 12.7. The minimum atomic E-state index is -1.35. The maximum atomic E-state index is 14.0. The van der Waals surface area contributed by atoms with Crippen molar-refractivity contribution in [3.05, 3.63) is 68.4 Å². The van der Waals surface area contributed by atoms with Crippen molar-refractivity contribution in [3.8, 4) is 6.07 Å². The molecule has 0 saturated carbocycles. The maximum Gasteiger partial charge on any atom is 0.186 e. The highest BCUT2D eigenvalue weighted by Gasteiger charge is 2.27. The van der Waals surface area contributed by atoms with Crippen LogP contribution in [0.2, 0.25) is 15.1 Å². The topological polar surface area (TPSA) is 40.9 Å². The average Bonchev–Trinajstić information content (AvgIpc) is 2.46. The molecule has 0 aliphatic carbocycles. The van der Waals surface area contributed by atoms with E-state index in [2.05, 4.69) is 0 Å². The first-order valence-electron chi connectivity index (χ1n) is 5.78. The lowest BCUT2D eigenvalue weighted by Crippen LogP contribution is -2.13. The Labute approximate surface area is 135 Å². The number of benzene rings is 2. The van der Waals surface area contributed by atoms with Crippen LogP contribution in [0.3, 0.4) is 0 Å². The van der Waals surface area contributed by atoms with Crippen LogP contribution < -0.4 is 0 Å². The lowest BCUT2D eigenvalue weighted by Gasteiger charge is -2.11. The number of carbonyl (C=O) groups excluding carboxylic acids is 1. The Bertz CT molecular complexity index is 755. The Balaban J connectivity index is 2.52. The predicted molar refractivity (Wildman–Crippen MR) is 80.6 cm³/mol. The molecule has 0 saturated heterocycles. The average molecular weight is 343 g/mol. The second-order valence-electron chi connectivity index (χ2n) is 4.19. The van der Waals surface area contributed by atoms with Gasteiger partial charge in [-0.1, -0.05) is 46.9 Å². The molecule has 0 spiro atoms. The van der Waals surface area contributed by atoms with Crippen LogP contribution in [0, 0.1) is 17.1 Å². The molecule has 21 heavy (non-hydrogen) atoms. The van der Waals surface area contributed by atoms with Gasteiger partial charge in [0.25, 0.3) is 0 Å². The minimum Gasteiger partial charge on any atom is -0.292 e. The minimum absolute atomic E-state index is 0.0649. The van der Waals surface area contributed by atoms with E-state index < -0.39 is 17.5 Å². The Morgan fingerprint density at radius 2 is 1.86 bits per heavy atom. The molecule has 0 N–H and O–H groups in total. The van der Waals surface area contributed by atoms with E-state index in [-0.39, 0.29) is 21.2 Å². The van der Waals surface area contributed by atoms with Crippen LogP contribution in [-0.4, -0.2) is 5.78 Å². The highest BCUT2D eigenvalue weighted by Crippen LogP contribution is 2.30. The summed E-state index contributed by atoms with van der Waals surface area (Å²) in [6, 6.07) is 10.2. The van der Waals surface area contributed by atoms with E-state index in [1.54, 1.807) is 6.07 Å². The molecule has 6 heteroatoms. The second-order valence-corrected chi connectivity index (χ2v) is 5.44. The van der Waals surface area contributed by atoms with Gasteiger partial charge in [0.2, 0.25) is 0 Å². The summed E-state index contributed by atoms with van der Waals surface area (Å²) in [7, 11) is 0. The van der Waals surface area contributed by atoms with E-state index in [0.717, 1.165) is 0 Å². The Hall–Kier alpha value is -1.60. The first kappa shape index (κ1) is 15.8. The summed E-state index contributed by atoms with van der Waals surface area (Å²) < 4.78 is 14.0. The number of ketones is 1. The fraction of sp³-hybridized carbons (Fsp3) is 0.0667. The number of rotatable bonds is 3. The fourth-order valence-corrected chi connectivity index (χ4v) is 2.42. The van der Waals surface area contributed by atoms with E-state index in [0.29, 0.717) is 5.02 Å². The van der Waals surface area contributed by atoms with Gasteiger partial charge in [0.05, 0.1) is 16.1 Å². The fourth-order valence-electron chi connectivity index (χ4n) is 1.85. The van der Waals surface area contributed by atoms with Crippen molar-refractivity contribution in [1.82, 2.24) is 0 Å². The Morgan fingerprint density at radius 3 is 2.52 bits per heavy atom. The molecule has 0 aromatic heterocycles. The molecule has 2 nitrogen and oxygen atoms in total. The molecule has 0 aliphatic heterocycles. The standard InChI is InChI=1S/C15H7Cl3FNO/c16-8-4-5-12(17)10(6-8)15(21)11(7-20)9-2-1-3-13(18)14(9)19/h1-6,11H. The highest BCUT2D eigenvalue weighted by molar-refractivity contribution is 6.36. The van der Waals surface area contributed by atoms with Gasteiger partial charge in [0.15, 0.2) is 5.78 Å². The number of carbonyl (C=O) groups is 1. The maximum absolute atomic E-state index is 14.0. The van der Waals surface area contributed by atoms with Gasteiger partial charge in [-0.25, -0.2) is 4.39 Å². The van der Waals surface area contributed by atoms with Gasteiger partial charge in [-0.15, -0.1) is 0 Å². The third-order valence-electron chi connectivity index (χ3n) is 2.88. The smallest absolute Gasteiger partial charge is 0.186 e. The van der Waals surface area contributed by atoms with Crippen molar-refractivity contribution in [1.29, 1.82) is 5.26 Å². The van der Waals surface area contributed by atoms with E-state index in [4.69, 9.17) is 34.8 Å². The van der Waals surface area contributed by atoms with Crippen LogP contribution in [0.4, 0.5) is 4.39 Å². The van der Waals surface area contributed by atoms with E-state index in [1.807, 2.05) is 0 Å². The molecule has 1 atom stereocenters. The summed E-state index contributed by atoms with van der Waals surface area (Å²) in [5.74, 6) is -2.77. The summed E-state index contributed by atoms with van der Waals surface area (Å²) in [4.78, 5) is 12.4. The van der Waals surface area contributed by atoms with Gasteiger partial charge in [-0.05, 0) is 24.3 Å². The summed E-state index contributed by atoms with van der Waals surface area (Å²) in [5, 5.41) is 9.52. The van der Waals surface area contributed by atoms with Crippen molar-refractivity contribution < 1.29 is 9.18 Å². The molecule has 2 aromatic rings. The SMILES string of the molecule is N#CC(C(=O)c1cc(Cl)ccc1Cl)c1cccc(Cl)c1F. The number of nitriles is 1. The van der Waals surface area contributed by atoms with Crippen LogP contribution in [0.5, 0.6) is 0 Å². The van der Waals surface area contributed by atoms with Crippen LogP contribution in [0.1, 0.15) is 21.8 Å². The van der Waals surface area contributed by atoms with Crippen molar-refractivity contribution in [3.63, 3.8) is 0 Å². The summed E-state index contributed by atoms with van der Waals surface area (Å²) in [6.07, 6.45) is 0. The van der Waals surface area contributed by atoms with Crippen molar-refractivity contribution in [2.45, 2.75) is 5.92 Å². The third kappa shape index (κ3) is 3.19. The van der Waals surface area contributed by atoms with Crippen LogP contribution in [0.25, 0.3) is 0 Å². The zero-order chi connectivity index (χ0) is 15.6. The molecule has 0 radical (unpaired) electrons. The molecule has 2 rings (SSSR count). The summed E-state index contributed by atoms with van der Waals surface area (Å²) in [5.41, 5.74) is -0.0267. The number of nitrogens with zero attached hydrogens (tertiary/aromatic N) is 1. The van der Waals surface area contributed by atoms with Crippen molar-refractivity contribution >= 4 is 40.6 Å². The van der Waals surface area contributed by atoms with Crippen LogP contribution in [-0.2, 0) is 0 Å². The van der Waals surface area contributed by atoms with Gasteiger partial charge in [-0.3, -0.25) is 4.79 Å². The Morgan fingerprint density at radius 1 is 1.14 bits per heavy atom. The number of hydrogen-bond acceptors (Lipinski definition) is 2. The van der Waals surface area contributed by atoms with Gasteiger partial charge in [0, 0.05) is 16.1 Å². The monoisotopic (exact) mass is 341 g/mol. The predicted octanol–water partition coefficient (Wildman–Crippen LogP) is 5.28. The van der Waals surface area contributed by atoms with Crippen molar-refractivity contribution in [2.75, 3.05) is 0 Å². The van der Waals surface area contributed by atoms with E-state index in [1.165, 1.54) is 36.4 Å². The molecule has 1 unspecified atom stereocenters. The number of Topliss-reactive ketones (excluding diaryl/α,β-unsaturated/α-hetero) is 1. The molecule has 0 amide bonds. The molecule has 0 heterocycles. The van der Waals surface area contributed by atoms with Gasteiger partial charge in [-0.2, -0.15) is 5.26 Å². The molecule has 106 valence electrons. The number of halogens is 4. The first-order valence-corrected chi connectivity index (χ1v) is 6.92. The van der Waals surface area contributed by atoms with Crippen molar-refractivity contribution in [2.24, 2.45) is 0 Å². The molecular formula is C15H7Cl3FNO. The lowest BCUT2D eigenvalue weighted by atomic mass is 9.91. The van der Waals surface area contributed by atoms with Crippen LogP contribution in [0.15, 0.2) is 36.4 Å². The number of hydrogen-bond donors (Lipinski definition) is 0. The first-order chi connectivity index (χ1) is 9.95. The zero-order valence-electron chi connectivity index (χ0n) is 10.4. The highest BCUT2D eigenvalue weighted by atomic mass is 35.5. The second kappa shape index (κ2) is 6.44. The molecule has 2 aromatic carbocycles. The normalized spacial score (nSPS) is 11.8. The molecule has 0 bridgehead atoms. The largest absolute Gasteiger partial charge is 0.292 e. The van der Waals surface area contributed by atoms with Gasteiger partial charge in [0.1, 0.15) is 11.7 Å². The van der Waals surface area contributed by atoms with Gasteiger partial charge >= 0.3 is 0 Å². The van der Waals surface area contributed by atoms with E-state index >= 15 is 0 Å². The van der Waals surface area contributed by atoms with Gasteiger partial charge < -0.3 is 0 Å². The molecule has 0 fully saturated rings. The molecular weight excluding hydrogens is 336 g/mol. The lowest BCUT2D eigenvalue weighted by molar-refractivity contribution is 0.0977. The Kier molecular flexibility index (Phi) is 4.84. The summed E-state index contributed by atoms with van der Waals surface area (Å²) in [6.45, 7) is 0. The molecule has 0 aliphatic rings. The van der Waals surface area contributed by atoms with Crippen LogP contribution >= 0.6 is 34.8 Å². The summed E-state index contributed by atoms with van der Waals surface area (Å²) >= 11 is 17.4. The quantitative estimate of drug-likeness (QED) is 0.712. The third-order valence-corrected chi connectivity index (χ3v) is 3.73. The van der Waals surface area contributed by atoms with E-state index in [9.17, 15) is 14.4 Å².